The first-order chi connectivity index (χ1) is 21.6. The number of aryl methyl sites for hydroxylation is 2. The van der Waals surface area contributed by atoms with Crippen LogP contribution in [-0.4, -0.2) is 23.6 Å². The number of hydrogen-bond donors (Lipinski definition) is 4. The number of rotatable bonds is 6. The summed E-state index contributed by atoms with van der Waals surface area (Å²) in [6.07, 6.45) is 4.79. The summed E-state index contributed by atoms with van der Waals surface area (Å²) in [5, 5.41) is 4.06. The number of anilines is 2. The zero-order valence-corrected chi connectivity index (χ0v) is 24.7. The summed E-state index contributed by atoms with van der Waals surface area (Å²) in [5.41, 5.74) is 16.9. The zero-order chi connectivity index (χ0) is 32.4. The lowest BCUT2D eigenvalue weighted by molar-refractivity contribution is -0.125. The Bertz CT molecular complexity index is 1600. The quantitative estimate of drug-likeness (QED) is 0.144. The van der Waals surface area contributed by atoms with E-state index in [0.29, 0.717) is 22.9 Å². The van der Waals surface area contributed by atoms with Crippen molar-refractivity contribution in [3.05, 3.63) is 144 Å². The van der Waals surface area contributed by atoms with Crippen LogP contribution in [-0.2, 0) is 25.0 Å². The van der Waals surface area contributed by atoms with E-state index < -0.39 is 5.79 Å². The fraction of sp³-hybridized carbons (Fsp3) is 0.0857. The van der Waals surface area contributed by atoms with Crippen molar-refractivity contribution in [2.45, 2.75) is 19.6 Å². The number of carbonyl (C=O) groups excluding carboxylic acids is 4. The Morgan fingerprint density at radius 1 is 0.511 bits per heavy atom. The Labute approximate surface area is 260 Å². The molecule has 0 spiro atoms. The first-order valence-electron chi connectivity index (χ1n) is 13.8. The van der Waals surface area contributed by atoms with Crippen LogP contribution < -0.4 is 31.6 Å². The monoisotopic (exact) mass is 604 g/mol. The van der Waals surface area contributed by atoms with Gasteiger partial charge in [-0.05, 0) is 61.4 Å². The second-order valence-corrected chi connectivity index (χ2v) is 9.98. The highest BCUT2D eigenvalue weighted by Crippen LogP contribution is 2.40. The molecule has 228 valence electrons. The topological polar surface area (TPSA) is 163 Å². The Balaban J connectivity index is 0.000000269. The van der Waals surface area contributed by atoms with Crippen molar-refractivity contribution in [1.29, 1.82) is 0 Å². The molecule has 4 aromatic rings. The molecule has 0 bridgehead atoms. The number of ether oxygens (including phenoxy) is 2. The van der Waals surface area contributed by atoms with Gasteiger partial charge in [0.2, 0.25) is 0 Å². The van der Waals surface area contributed by atoms with E-state index >= 15 is 0 Å². The van der Waals surface area contributed by atoms with Crippen molar-refractivity contribution < 1.29 is 28.7 Å². The third kappa shape index (κ3) is 8.45. The van der Waals surface area contributed by atoms with Crippen molar-refractivity contribution in [3.63, 3.8) is 0 Å². The fourth-order valence-corrected chi connectivity index (χ4v) is 4.33. The molecule has 4 amide bonds. The van der Waals surface area contributed by atoms with Crippen LogP contribution in [0.5, 0.6) is 11.5 Å². The van der Waals surface area contributed by atoms with Crippen molar-refractivity contribution in [1.82, 2.24) is 10.6 Å². The molecule has 0 aliphatic carbocycles. The van der Waals surface area contributed by atoms with Gasteiger partial charge in [0.05, 0.1) is 0 Å². The standard InChI is InChI=1S/C27H26N2O2.2C4H3NO2/c1-19-17-23(28)13-15-25(19)30-27(21-9-5-3-6-10-21,22-11-7-4-8-12-22)31-26-16-14-24(29)18-20(26)2;2*6-3-1-2-4(7)5-3/h3-18H,28-29H2,1-2H3;2*1-2H,(H,5,6,7). The molecule has 6 N–H and O–H groups in total. The third-order valence-corrected chi connectivity index (χ3v) is 6.48. The molecule has 0 unspecified atom stereocenters. The number of imide groups is 2. The predicted octanol–water partition coefficient (Wildman–Crippen LogP) is 4.22. The van der Waals surface area contributed by atoms with Crippen LogP contribution in [0.4, 0.5) is 11.4 Å². The minimum Gasteiger partial charge on any atom is -0.444 e. The predicted molar refractivity (Wildman–Crippen MR) is 171 cm³/mol. The molecule has 4 aromatic carbocycles. The molecule has 0 fully saturated rings. The van der Waals surface area contributed by atoms with Gasteiger partial charge in [0.25, 0.3) is 23.6 Å². The van der Waals surface area contributed by atoms with E-state index in [1.807, 2.05) is 122 Å². The first-order valence-corrected chi connectivity index (χ1v) is 13.8. The summed E-state index contributed by atoms with van der Waals surface area (Å²) >= 11 is 0. The molecular formula is C35H32N4O6. The van der Waals surface area contributed by atoms with Crippen LogP contribution in [0.15, 0.2) is 121 Å². The van der Waals surface area contributed by atoms with Crippen LogP contribution in [0.3, 0.4) is 0 Å². The molecule has 6 rings (SSSR count). The molecule has 2 heterocycles. The lowest BCUT2D eigenvalue weighted by atomic mass is 9.96. The summed E-state index contributed by atoms with van der Waals surface area (Å²) in [5.74, 6) is -1.15. The summed E-state index contributed by atoms with van der Waals surface area (Å²) < 4.78 is 13.5. The summed E-state index contributed by atoms with van der Waals surface area (Å²) in [6.45, 7) is 3.95. The summed E-state index contributed by atoms with van der Waals surface area (Å²) in [7, 11) is 0. The van der Waals surface area contributed by atoms with Crippen molar-refractivity contribution in [2.24, 2.45) is 0 Å². The van der Waals surface area contributed by atoms with Gasteiger partial charge < -0.3 is 20.9 Å². The number of carbonyl (C=O) groups is 4. The molecule has 10 nitrogen and oxygen atoms in total. The number of hydrogen-bond acceptors (Lipinski definition) is 8. The molecule has 2 aliphatic heterocycles. The fourth-order valence-electron chi connectivity index (χ4n) is 4.33. The van der Waals surface area contributed by atoms with E-state index in [0.717, 1.165) is 22.3 Å². The lowest BCUT2D eigenvalue weighted by Gasteiger charge is -2.36. The maximum Gasteiger partial charge on any atom is 0.305 e. The SMILES string of the molecule is Cc1cc(N)ccc1OC(Oc1ccc(N)cc1C)(c1ccccc1)c1ccccc1.O=C1C=CC(=O)N1.O=C1C=CC(=O)N1. The second kappa shape index (κ2) is 14.3. The van der Waals surface area contributed by atoms with Gasteiger partial charge >= 0.3 is 5.79 Å². The zero-order valence-electron chi connectivity index (χ0n) is 24.7. The van der Waals surface area contributed by atoms with Gasteiger partial charge in [0, 0.05) is 46.8 Å². The largest absolute Gasteiger partial charge is 0.444 e. The molecule has 2 aliphatic rings. The van der Waals surface area contributed by atoms with E-state index in [2.05, 4.69) is 0 Å². The highest BCUT2D eigenvalue weighted by molar-refractivity contribution is 6.13. The van der Waals surface area contributed by atoms with E-state index in [9.17, 15) is 19.2 Å². The minimum absolute atomic E-state index is 0.329. The van der Waals surface area contributed by atoms with E-state index in [1.54, 1.807) is 0 Å². The van der Waals surface area contributed by atoms with Gasteiger partial charge in [0.1, 0.15) is 11.5 Å². The average molecular weight is 605 g/mol. The Hall–Kier alpha value is -6.16. The van der Waals surface area contributed by atoms with Crippen LogP contribution in [0.1, 0.15) is 22.3 Å². The highest BCUT2D eigenvalue weighted by Gasteiger charge is 2.40. The van der Waals surface area contributed by atoms with Gasteiger partial charge in [-0.3, -0.25) is 29.8 Å². The second-order valence-electron chi connectivity index (χ2n) is 9.98. The van der Waals surface area contributed by atoms with Crippen molar-refractivity contribution in [2.75, 3.05) is 11.5 Å². The van der Waals surface area contributed by atoms with Crippen molar-refractivity contribution >= 4 is 35.0 Å². The molecule has 45 heavy (non-hydrogen) atoms. The van der Waals surface area contributed by atoms with Crippen LogP contribution in [0.2, 0.25) is 0 Å². The van der Waals surface area contributed by atoms with E-state index in [4.69, 9.17) is 20.9 Å². The molecule has 0 radical (unpaired) electrons. The number of nitrogens with one attached hydrogen (secondary N) is 2. The molecule has 0 atom stereocenters. The molecule has 10 heteroatoms. The van der Waals surface area contributed by atoms with Gasteiger partial charge in [-0.1, -0.05) is 60.7 Å². The van der Waals surface area contributed by atoms with Crippen LogP contribution >= 0.6 is 0 Å². The number of benzene rings is 4. The molecule has 0 saturated heterocycles. The van der Waals surface area contributed by atoms with Gasteiger partial charge in [-0.2, -0.15) is 0 Å². The molecular weight excluding hydrogens is 572 g/mol. The Morgan fingerprint density at radius 3 is 1.11 bits per heavy atom. The van der Waals surface area contributed by atoms with Gasteiger partial charge in [0.15, 0.2) is 0 Å². The van der Waals surface area contributed by atoms with E-state index in [1.165, 1.54) is 24.3 Å². The van der Waals surface area contributed by atoms with Crippen molar-refractivity contribution in [3.8, 4) is 11.5 Å². The summed E-state index contributed by atoms with van der Waals surface area (Å²) in [6, 6.07) is 31.1. The van der Waals surface area contributed by atoms with Crippen LogP contribution in [0.25, 0.3) is 0 Å². The van der Waals surface area contributed by atoms with Gasteiger partial charge in [-0.25, -0.2) is 0 Å². The maximum atomic E-state index is 10.0. The van der Waals surface area contributed by atoms with Crippen LogP contribution in [0, 0.1) is 13.8 Å². The third-order valence-electron chi connectivity index (χ3n) is 6.48. The Morgan fingerprint density at radius 2 is 0.844 bits per heavy atom. The lowest BCUT2D eigenvalue weighted by Crippen LogP contribution is -2.41. The number of nitrogen functional groups attached to an aromatic ring is 2. The number of amides is 4. The summed E-state index contributed by atoms with van der Waals surface area (Å²) in [4.78, 5) is 40.1. The van der Waals surface area contributed by atoms with Gasteiger partial charge in [-0.15, -0.1) is 0 Å². The highest BCUT2D eigenvalue weighted by atomic mass is 16.7. The molecule has 0 aromatic heterocycles. The average Bonchev–Trinajstić information content (AvgIpc) is 3.61. The Kier molecular flexibility index (Phi) is 10.1. The maximum absolute atomic E-state index is 10.0. The van der Waals surface area contributed by atoms with E-state index in [-0.39, 0.29) is 23.6 Å². The smallest absolute Gasteiger partial charge is 0.305 e. The normalized spacial score (nSPS) is 13.2. The first kappa shape index (κ1) is 31.8. The molecule has 0 saturated carbocycles. The number of nitrogens with two attached hydrogens (primary N) is 2. The minimum atomic E-state index is -1.22.